The molecule has 0 aliphatic heterocycles. The molecule has 0 amide bonds. The number of benzene rings is 1. The highest BCUT2D eigenvalue weighted by atomic mass is 35.5. The number of ether oxygens (including phenoxy) is 1. The molecule has 19 heavy (non-hydrogen) atoms. The minimum atomic E-state index is -4.54. The van der Waals surface area contributed by atoms with Crippen molar-refractivity contribution < 1.29 is 22.7 Å². The Morgan fingerprint density at radius 1 is 1.32 bits per heavy atom. The Morgan fingerprint density at radius 3 is 2.26 bits per heavy atom. The quantitative estimate of drug-likeness (QED) is 0.580. The average molecular weight is 311 g/mol. The van der Waals surface area contributed by atoms with E-state index in [1.54, 1.807) is 0 Å². The minimum Gasteiger partial charge on any atom is -0.468 e. The van der Waals surface area contributed by atoms with Gasteiger partial charge in [0.15, 0.2) is 0 Å². The molecule has 0 spiro atoms. The third kappa shape index (κ3) is 4.34. The van der Waals surface area contributed by atoms with Gasteiger partial charge >= 0.3 is 12.1 Å². The molecule has 0 atom stereocenters. The molecule has 102 valence electrons. The second kappa shape index (κ2) is 6.18. The summed E-state index contributed by atoms with van der Waals surface area (Å²) in [7, 11) is 1.20. The van der Waals surface area contributed by atoms with Crippen molar-refractivity contribution in [3.8, 4) is 11.8 Å². The van der Waals surface area contributed by atoms with Crippen LogP contribution in [0.2, 0.25) is 10.0 Å². The standard InChI is InChI=1S/C12H7Cl2F3O2/c1-19-11(18)4-2-3-8-9(13)5-7(6-10(8)14)12(15,16)17/h5-6H,4H2,1H3. The molecule has 0 heterocycles. The minimum absolute atomic E-state index is 0.0419. The van der Waals surface area contributed by atoms with Gasteiger partial charge in [0.1, 0.15) is 6.42 Å². The fraction of sp³-hybridized carbons (Fsp3) is 0.250. The summed E-state index contributed by atoms with van der Waals surface area (Å²) in [5.74, 6) is 4.30. The van der Waals surface area contributed by atoms with Gasteiger partial charge in [-0.3, -0.25) is 4.79 Å². The number of halogens is 5. The highest BCUT2D eigenvalue weighted by Crippen LogP contribution is 2.35. The first-order valence-corrected chi connectivity index (χ1v) is 5.63. The number of alkyl halides is 3. The topological polar surface area (TPSA) is 26.3 Å². The molecule has 0 fully saturated rings. The van der Waals surface area contributed by atoms with Crippen molar-refractivity contribution in [3.05, 3.63) is 33.3 Å². The fourth-order valence-electron chi connectivity index (χ4n) is 1.13. The maximum atomic E-state index is 12.5. The Bertz CT molecular complexity index is 533. The molecule has 0 N–H and O–H groups in total. The normalized spacial score (nSPS) is 10.6. The molecule has 0 aliphatic rings. The van der Waals surface area contributed by atoms with Crippen molar-refractivity contribution in [3.63, 3.8) is 0 Å². The van der Waals surface area contributed by atoms with Crippen LogP contribution in [0.5, 0.6) is 0 Å². The second-order valence-electron chi connectivity index (χ2n) is 3.37. The van der Waals surface area contributed by atoms with Gasteiger partial charge in [-0.2, -0.15) is 13.2 Å². The number of hydrogen-bond acceptors (Lipinski definition) is 2. The van der Waals surface area contributed by atoms with Gasteiger partial charge in [0.05, 0.1) is 28.3 Å². The van der Waals surface area contributed by atoms with E-state index in [-0.39, 0.29) is 22.0 Å². The van der Waals surface area contributed by atoms with E-state index >= 15 is 0 Å². The zero-order valence-corrected chi connectivity index (χ0v) is 11.1. The van der Waals surface area contributed by atoms with E-state index in [2.05, 4.69) is 16.6 Å². The molecule has 1 aromatic rings. The smallest absolute Gasteiger partial charge is 0.416 e. The molecule has 0 radical (unpaired) electrons. The molecule has 0 bridgehead atoms. The van der Waals surface area contributed by atoms with Gasteiger partial charge < -0.3 is 4.74 Å². The summed E-state index contributed by atoms with van der Waals surface area (Å²) >= 11 is 11.4. The summed E-state index contributed by atoms with van der Waals surface area (Å²) in [6, 6.07) is 1.46. The van der Waals surface area contributed by atoms with Gasteiger partial charge in [-0.15, -0.1) is 0 Å². The van der Waals surface area contributed by atoms with E-state index in [0.29, 0.717) is 0 Å². The predicted molar refractivity (Wildman–Crippen MR) is 65.0 cm³/mol. The molecule has 0 aliphatic carbocycles. The first kappa shape index (κ1) is 15.7. The molecule has 2 nitrogen and oxygen atoms in total. The number of carbonyl (C=O) groups excluding carboxylic acids is 1. The molecule has 7 heteroatoms. The van der Waals surface area contributed by atoms with Crippen LogP contribution >= 0.6 is 23.2 Å². The number of esters is 1. The van der Waals surface area contributed by atoms with Crippen molar-refractivity contribution in [2.24, 2.45) is 0 Å². The average Bonchev–Trinajstić information content (AvgIpc) is 2.30. The largest absolute Gasteiger partial charge is 0.468 e. The lowest BCUT2D eigenvalue weighted by atomic mass is 10.1. The van der Waals surface area contributed by atoms with E-state index in [9.17, 15) is 18.0 Å². The Labute approximate surface area is 117 Å². The van der Waals surface area contributed by atoms with Crippen LogP contribution in [0.1, 0.15) is 17.5 Å². The van der Waals surface area contributed by atoms with Crippen molar-refractivity contribution in [2.45, 2.75) is 12.6 Å². The molecule has 0 unspecified atom stereocenters. The van der Waals surface area contributed by atoms with Crippen molar-refractivity contribution in [2.75, 3.05) is 7.11 Å². The molecular formula is C12H7Cl2F3O2. The van der Waals surface area contributed by atoms with Gasteiger partial charge in [0.2, 0.25) is 0 Å². The van der Waals surface area contributed by atoms with Crippen molar-refractivity contribution >= 4 is 29.2 Å². The van der Waals surface area contributed by atoms with Gasteiger partial charge in [0.25, 0.3) is 0 Å². The van der Waals surface area contributed by atoms with E-state index in [1.807, 2.05) is 0 Å². The predicted octanol–water partition coefficient (Wildman–Crippen LogP) is 3.93. The highest BCUT2D eigenvalue weighted by molar-refractivity contribution is 6.36. The van der Waals surface area contributed by atoms with Crippen LogP contribution in [0.25, 0.3) is 0 Å². The Morgan fingerprint density at radius 2 is 1.84 bits per heavy atom. The maximum Gasteiger partial charge on any atom is 0.416 e. The maximum absolute atomic E-state index is 12.5. The number of hydrogen-bond donors (Lipinski definition) is 0. The third-order valence-electron chi connectivity index (χ3n) is 2.04. The summed E-state index contributed by atoms with van der Waals surface area (Å²) in [6.07, 6.45) is -4.74. The fourth-order valence-corrected chi connectivity index (χ4v) is 1.71. The van der Waals surface area contributed by atoms with Gasteiger partial charge in [-0.1, -0.05) is 35.0 Å². The SMILES string of the molecule is COC(=O)CC#Cc1c(Cl)cc(C(F)(F)F)cc1Cl. The molecule has 0 saturated heterocycles. The van der Waals surface area contributed by atoms with E-state index < -0.39 is 17.7 Å². The lowest BCUT2D eigenvalue weighted by molar-refractivity contribution is -0.139. The van der Waals surface area contributed by atoms with Crippen LogP contribution in [0.3, 0.4) is 0 Å². The molecule has 1 aromatic carbocycles. The lowest BCUT2D eigenvalue weighted by Gasteiger charge is -2.09. The van der Waals surface area contributed by atoms with Crippen LogP contribution in [0, 0.1) is 11.8 Å². The van der Waals surface area contributed by atoms with Gasteiger partial charge in [-0.05, 0) is 12.1 Å². The zero-order chi connectivity index (χ0) is 14.6. The van der Waals surface area contributed by atoms with Crippen LogP contribution in [0.15, 0.2) is 12.1 Å². The number of carbonyl (C=O) groups is 1. The van der Waals surface area contributed by atoms with Gasteiger partial charge in [-0.25, -0.2) is 0 Å². The van der Waals surface area contributed by atoms with E-state index in [0.717, 1.165) is 12.1 Å². The Balaban J connectivity index is 3.08. The van der Waals surface area contributed by atoms with E-state index in [4.69, 9.17) is 23.2 Å². The van der Waals surface area contributed by atoms with Crippen LogP contribution in [0.4, 0.5) is 13.2 Å². The molecule has 1 rings (SSSR count). The zero-order valence-electron chi connectivity index (χ0n) is 9.57. The summed E-state index contributed by atoms with van der Waals surface area (Å²) in [5, 5.41) is -0.450. The third-order valence-corrected chi connectivity index (χ3v) is 2.64. The van der Waals surface area contributed by atoms with Gasteiger partial charge in [0, 0.05) is 0 Å². The summed E-state index contributed by atoms with van der Waals surface area (Å²) in [6.45, 7) is 0. The highest BCUT2D eigenvalue weighted by Gasteiger charge is 2.31. The molecule has 0 aromatic heterocycles. The Hall–Kier alpha value is -1.38. The van der Waals surface area contributed by atoms with E-state index in [1.165, 1.54) is 7.11 Å². The van der Waals surface area contributed by atoms with Crippen LogP contribution in [-0.2, 0) is 15.7 Å². The van der Waals surface area contributed by atoms with Crippen molar-refractivity contribution in [1.82, 2.24) is 0 Å². The summed E-state index contributed by atoms with van der Waals surface area (Å²) in [5.41, 5.74) is -0.916. The number of rotatable bonds is 1. The first-order chi connectivity index (χ1) is 8.75. The van der Waals surface area contributed by atoms with Crippen LogP contribution in [-0.4, -0.2) is 13.1 Å². The number of methoxy groups -OCH3 is 1. The first-order valence-electron chi connectivity index (χ1n) is 4.87. The lowest BCUT2D eigenvalue weighted by Crippen LogP contribution is -2.05. The monoisotopic (exact) mass is 310 g/mol. The van der Waals surface area contributed by atoms with Crippen LogP contribution < -0.4 is 0 Å². The summed E-state index contributed by atoms with van der Waals surface area (Å²) in [4.78, 5) is 10.8. The Kier molecular flexibility index (Phi) is 5.10. The van der Waals surface area contributed by atoms with Crippen molar-refractivity contribution in [1.29, 1.82) is 0 Å². The molecular weight excluding hydrogens is 304 g/mol. The summed E-state index contributed by atoms with van der Waals surface area (Å²) < 4.78 is 41.8. The second-order valence-corrected chi connectivity index (χ2v) is 4.18. The molecule has 0 saturated carbocycles.